The zero-order chi connectivity index (χ0) is 10.6. The van der Waals surface area contributed by atoms with Crippen molar-refractivity contribution in [2.45, 2.75) is 46.3 Å². The second-order valence-electron chi connectivity index (χ2n) is 3.58. The lowest BCUT2D eigenvalue weighted by Crippen LogP contribution is -2.25. The van der Waals surface area contributed by atoms with Crippen LogP contribution in [0.1, 0.15) is 45.3 Å². The van der Waals surface area contributed by atoms with E-state index in [2.05, 4.69) is 17.2 Å². The molecule has 4 nitrogen and oxygen atoms in total. The van der Waals surface area contributed by atoms with Crippen LogP contribution in [0.25, 0.3) is 0 Å². The number of rotatable bonds is 2. The summed E-state index contributed by atoms with van der Waals surface area (Å²) < 4.78 is 1.87. The van der Waals surface area contributed by atoms with Gasteiger partial charge in [-0.15, -0.1) is 5.10 Å². The van der Waals surface area contributed by atoms with Gasteiger partial charge in [0, 0.05) is 0 Å². The van der Waals surface area contributed by atoms with Gasteiger partial charge in [-0.1, -0.05) is 26.0 Å². The minimum Gasteiger partial charge on any atom is -0.390 e. The summed E-state index contributed by atoms with van der Waals surface area (Å²) in [5.74, 6) is 0.816. The van der Waals surface area contributed by atoms with Crippen LogP contribution in [0.4, 0.5) is 0 Å². The smallest absolute Gasteiger partial charge is 0.108 e. The molecule has 0 spiro atoms. The molecule has 0 amide bonds. The molecule has 2 rings (SSSR count). The van der Waals surface area contributed by atoms with E-state index in [1.54, 1.807) is 0 Å². The van der Waals surface area contributed by atoms with E-state index < -0.39 is 0 Å². The maximum atomic E-state index is 8.76. The molecule has 0 atom stereocenters. The number of nitrogens with zero attached hydrogens (tertiary/aromatic N) is 3. The zero-order valence-electron chi connectivity index (χ0n) is 9.14. The standard InChI is InChI=1S/C8H13N3O.C2H6/c1-6-2-8(3-6)11-4-7(5-12)9-10-11;1-2/h4,6,8,12H,2-3,5H2,1H3;1-2H3. The Bertz CT molecular complexity index is 266. The van der Waals surface area contributed by atoms with Gasteiger partial charge in [0.2, 0.25) is 0 Å². The molecule has 1 aliphatic carbocycles. The molecule has 1 fully saturated rings. The third-order valence-electron chi connectivity index (χ3n) is 2.44. The van der Waals surface area contributed by atoms with Crippen LogP contribution in [-0.2, 0) is 6.61 Å². The Kier molecular flexibility index (Phi) is 4.07. The SMILES string of the molecule is CC.CC1CC(n2cc(CO)nn2)C1. The molecule has 0 radical (unpaired) electrons. The van der Waals surface area contributed by atoms with Gasteiger partial charge in [-0.25, -0.2) is 4.68 Å². The van der Waals surface area contributed by atoms with Crippen LogP contribution in [-0.4, -0.2) is 20.1 Å². The van der Waals surface area contributed by atoms with Crippen molar-refractivity contribution >= 4 is 0 Å². The minimum atomic E-state index is -0.0116. The fraction of sp³-hybridized carbons (Fsp3) is 0.800. The van der Waals surface area contributed by atoms with Crippen LogP contribution in [0, 0.1) is 5.92 Å². The molecule has 1 N–H and O–H groups in total. The van der Waals surface area contributed by atoms with Crippen molar-refractivity contribution in [3.8, 4) is 0 Å². The summed E-state index contributed by atoms with van der Waals surface area (Å²) in [5.41, 5.74) is 0.662. The molecule has 80 valence electrons. The van der Waals surface area contributed by atoms with E-state index in [-0.39, 0.29) is 6.61 Å². The van der Waals surface area contributed by atoms with E-state index in [1.165, 1.54) is 12.8 Å². The highest BCUT2D eigenvalue weighted by Gasteiger charge is 2.27. The van der Waals surface area contributed by atoms with Gasteiger partial charge in [-0.2, -0.15) is 0 Å². The van der Waals surface area contributed by atoms with E-state index >= 15 is 0 Å². The molecule has 14 heavy (non-hydrogen) atoms. The Hall–Kier alpha value is -0.900. The summed E-state index contributed by atoms with van der Waals surface area (Å²) in [4.78, 5) is 0. The molecule has 1 heterocycles. The van der Waals surface area contributed by atoms with Gasteiger partial charge in [0.15, 0.2) is 0 Å². The first-order chi connectivity index (χ1) is 6.79. The van der Waals surface area contributed by atoms with Crippen LogP contribution >= 0.6 is 0 Å². The highest BCUT2D eigenvalue weighted by atomic mass is 16.3. The number of aliphatic hydroxyl groups excluding tert-OH is 1. The molecule has 1 aliphatic rings. The quantitative estimate of drug-likeness (QED) is 0.786. The summed E-state index contributed by atoms with van der Waals surface area (Å²) in [6, 6.07) is 0.521. The Labute approximate surface area is 84.9 Å². The maximum Gasteiger partial charge on any atom is 0.108 e. The van der Waals surface area contributed by atoms with Gasteiger partial charge in [0.25, 0.3) is 0 Å². The Morgan fingerprint density at radius 3 is 2.57 bits per heavy atom. The Morgan fingerprint density at radius 1 is 1.50 bits per heavy atom. The van der Waals surface area contributed by atoms with Gasteiger partial charge in [-0.3, -0.25) is 0 Å². The van der Waals surface area contributed by atoms with Gasteiger partial charge in [-0.05, 0) is 18.8 Å². The average molecular weight is 197 g/mol. The molecule has 1 aromatic rings. The Balaban J connectivity index is 0.000000461. The second-order valence-corrected chi connectivity index (χ2v) is 3.58. The van der Waals surface area contributed by atoms with Crippen molar-refractivity contribution in [2.75, 3.05) is 0 Å². The number of aliphatic hydroxyl groups is 1. The predicted octanol–water partition coefficient (Wildman–Crippen LogP) is 1.77. The van der Waals surface area contributed by atoms with Crippen LogP contribution in [0.2, 0.25) is 0 Å². The first-order valence-corrected chi connectivity index (χ1v) is 5.31. The van der Waals surface area contributed by atoms with Gasteiger partial charge in [0.05, 0.1) is 18.8 Å². The molecular formula is C10H19N3O. The first kappa shape index (κ1) is 11.2. The van der Waals surface area contributed by atoms with Crippen LogP contribution in [0.15, 0.2) is 6.20 Å². The average Bonchev–Trinajstić information content (AvgIpc) is 2.64. The van der Waals surface area contributed by atoms with Crippen LogP contribution < -0.4 is 0 Å². The monoisotopic (exact) mass is 197 g/mol. The van der Waals surface area contributed by atoms with E-state index in [4.69, 9.17) is 5.11 Å². The third-order valence-corrected chi connectivity index (χ3v) is 2.44. The van der Waals surface area contributed by atoms with Crippen molar-refractivity contribution in [3.63, 3.8) is 0 Å². The topological polar surface area (TPSA) is 50.9 Å². The van der Waals surface area contributed by atoms with Crippen molar-refractivity contribution in [3.05, 3.63) is 11.9 Å². The Morgan fingerprint density at radius 2 is 2.14 bits per heavy atom. The van der Waals surface area contributed by atoms with Crippen LogP contribution in [0.3, 0.4) is 0 Å². The normalized spacial score (nSPS) is 24.9. The molecule has 0 unspecified atom stereocenters. The van der Waals surface area contributed by atoms with Crippen molar-refractivity contribution in [2.24, 2.45) is 5.92 Å². The fourth-order valence-corrected chi connectivity index (χ4v) is 1.64. The highest BCUT2D eigenvalue weighted by molar-refractivity contribution is 4.93. The lowest BCUT2D eigenvalue weighted by molar-refractivity contribution is 0.197. The number of hydrogen-bond donors (Lipinski definition) is 1. The van der Waals surface area contributed by atoms with Crippen molar-refractivity contribution < 1.29 is 5.11 Å². The lowest BCUT2D eigenvalue weighted by Gasteiger charge is -2.32. The van der Waals surface area contributed by atoms with E-state index in [1.807, 2.05) is 24.7 Å². The first-order valence-electron chi connectivity index (χ1n) is 5.31. The van der Waals surface area contributed by atoms with E-state index in [0.717, 1.165) is 5.92 Å². The molecular weight excluding hydrogens is 178 g/mol. The minimum absolute atomic E-state index is 0.0116. The molecule has 1 aromatic heterocycles. The summed E-state index contributed by atoms with van der Waals surface area (Å²) in [5, 5.41) is 16.5. The molecule has 0 bridgehead atoms. The maximum absolute atomic E-state index is 8.76. The van der Waals surface area contributed by atoms with E-state index in [0.29, 0.717) is 11.7 Å². The number of aromatic nitrogens is 3. The highest BCUT2D eigenvalue weighted by Crippen LogP contribution is 2.36. The van der Waals surface area contributed by atoms with Crippen molar-refractivity contribution in [1.29, 1.82) is 0 Å². The molecule has 0 aromatic carbocycles. The molecule has 0 aliphatic heterocycles. The van der Waals surface area contributed by atoms with E-state index in [9.17, 15) is 0 Å². The fourth-order valence-electron chi connectivity index (χ4n) is 1.64. The van der Waals surface area contributed by atoms with Crippen LogP contribution in [0.5, 0.6) is 0 Å². The largest absolute Gasteiger partial charge is 0.390 e. The molecule has 1 saturated carbocycles. The van der Waals surface area contributed by atoms with Crippen molar-refractivity contribution in [1.82, 2.24) is 15.0 Å². The summed E-state index contributed by atoms with van der Waals surface area (Å²) >= 11 is 0. The third kappa shape index (κ3) is 2.32. The lowest BCUT2D eigenvalue weighted by atomic mass is 9.82. The summed E-state index contributed by atoms with van der Waals surface area (Å²) in [7, 11) is 0. The summed E-state index contributed by atoms with van der Waals surface area (Å²) in [6.45, 7) is 6.22. The molecule has 0 saturated heterocycles. The summed E-state index contributed by atoms with van der Waals surface area (Å²) in [6.07, 6.45) is 4.21. The van der Waals surface area contributed by atoms with Gasteiger partial charge in [0.1, 0.15) is 5.69 Å². The van der Waals surface area contributed by atoms with Gasteiger partial charge < -0.3 is 5.11 Å². The number of hydrogen-bond acceptors (Lipinski definition) is 3. The predicted molar refractivity (Wildman–Crippen MR) is 54.7 cm³/mol. The molecule has 4 heteroatoms. The second kappa shape index (κ2) is 5.10. The van der Waals surface area contributed by atoms with Gasteiger partial charge >= 0.3 is 0 Å². The zero-order valence-corrected chi connectivity index (χ0v) is 9.14.